The van der Waals surface area contributed by atoms with E-state index in [-0.39, 0.29) is 19.1 Å². The van der Waals surface area contributed by atoms with Gasteiger partial charge in [0.25, 0.3) is 0 Å². The molecule has 3 N–H and O–H groups in total. The highest BCUT2D eigenvalue weighted by molar-refractivity contribution is 14.1. The monoisotopic (exact) mass is 615 g/mol. The maximum Gasteiger partial charge on any atom is 0.408 e. The van der Waals surface area contributed by atoms with Crippen LogP contribution in [0.5, 0.6) is 0 Å². The summed E-state index contributed by atoms with van der Waals surface area (Å²) in [6, 6.07) is 25.3. The molecule has 3 amide bonds. The maximum absolute atomic E-state index is 12.9. The SMILES string of the molecule is O=C(NCCCCC(NC(=O)OCc1ccccc1)C(=O)Nc1ccc(I)cc1)OCc1ccccc1. The van der Waals surface area contributed by atoms with Crippen LogP contribution >= 0.6 is 22.6 Å². The van der Waals surface area contributed by atoms with Crippen LogP contribution in [0.1, 0.15) is 30.4 Å². The lowest BCUT2D eigenvalue weighted by Crippen LogP contribution is -2.44. The van der Waals surface area contributed by atoms with Gasteiger partial charge >= 0.3 is 12.2 Å². The topological polar surface area (TPSA) is 106 Å². The number of carbonyl (C=O) groups excluding carboxylic acids is 3. The molecule has 9 heteroatoms. The molecule has 0 bridgehead atoms. The van der Waals surface area contributed by atoms with E-state index < -0.39 is 18.2 Å². The maximum atomic E-state index is 12.9. The van der Waals surface area contributed by atoms with Gasteiger partial charge < -0.3 is 25.4 Å². The fourth-order valence-electron chi connectivity index (χ4n) is 3.38. The Hall–Kier alpha value is -3.60. The number of nitrogens with one attached hydrogen (secondary N) is 3. The summed E-state index contributed by atoms with van der Waals surface area (Å²) in [6.45, 7) is 0.688. The van der Waals surface area contributed by atoms with Gasteiger partial charge in [0, 0.05) is 15.8 Å². The molecule has 0 fully saturated rings. The van der Waals surface area contributed by atoms with Crippen LogP contribution in [0.3, 0.4) is 0 Å². The van der Waals surface area contributed by atoms with E-state index in [2.05, 4.69) is 38.5 Å². The van der Waals surface area contributed by atoms with Crippen molar-refractivity contribution in [2.24, 2.45) is 0 Å². The van der Waals surface area contributed by atoms with Crippen LogP contribution in [0, 0.1) is 3.57 Å². The third-order valence-corrected chi connectivity index (χ3v) is 6.05. The van der Waals surface area contributed by atoms with Crippen molar-refractivity contribution in [3.05, 3.63) is 99.6 Å². The lowest BCUT2D eigenvalue weighted by atomic mass is 10.1. The number of ether oxygens (including phenoxy) is 2. The summed E-state index contributed by atoms with van der Waals surface area (Å²) in [5.41, 5.74) is 2.39. The molecule has 194 valence electrons. The van der Waals surface area contributed by atoms with E-state index in [0.717, 1.165) is 14.7 Å². The normalized spacial score (nSPS) is 11.2. The Balaban J connectivity index is 1.45. The molecule has 37 heavy (non-hydrogen) atoms. The van der Waals surface area contributed by atoms with Crippen molar-refractivity contribution < 1.29 is 23.9 Å². The number of halogens is 1. The summed E-state index contributed by atoms with van der Waals surface area (Å²) >= 11 is 2.19. The number of amides is 3. The Kier molecular flexibility index (Phi) is 11.7. The first-order valence-corrected chi connectivity index (χ1v) is 13.1. The second-order valence-electron chi connectivity index (χ2n) is 8.24. The van der Waals surface area contributed by atoms with E-state index >= 15 is 0 Å². The van der Waals surface area contributed by atoms with E-state index in [9.17, 15) is 14.4 Å². The zero-order valence-electron chi connectivity index (χ0n) is 20.3. The van der Waals surface area contributed by atoms with Crippen molar-refractivity contribution in [2.45, 2.75) is 38.5 Å². The quantitative estimate of drug-likeness (QED) is 0.181. The van der Waals surface area contributed by atoms with Crippen molar-refractivity contribution in [2.75, 3.05) is 11.9 Å². The van der Waals surface area contributed by atoms with Crippen molar-refractivity contribution in [3.8, 4) is 0 Å². The largest absolute Gasteiger partial charge is 0.445 e. The Labute approximate surface area is 230 Å². The second-order valence-corrected chi connectivity index (χ2v) is 9.48. The molecule has 0 saturated heterocycles. The van der Waals surface area contributed by atoms with Gasteiger partial charge in [-0.15, -0.1) is 0 Å². The van der Waals surface area contributed by atoms with Crippen molar-refractivity contribution >= 4 is 46.4 Å². The Morgan fingerprint density at radius 3 is 1.89 bits per heavy atom. The third-order valence-electron chi connectivity index (χ3n) is 5.33. The molecule has 0 aliphatic carbocycles. The smallest absolute Gasteiger partial charge is 0.408 e. The first-order valence-electron chi connectivity index (χ1n) is 12.0. The summed E-state index contributed by atoms with van der Waals surface area (Å²) < 4.78 is 11.5. The molecule has 0 radical (unpaired) electrons. The third kappa shape index (κ3) is 10.9. The summed E-state index contributed by atoms with van der Waals surface area (Å²) in [5, 5.41) is 8.21. The number of carbonyl (C=O) groups is 3. The summed E-state index contributed by atoms with van der Waals surface area (Å²) in [5.74, 6) is -0.340. The van der Waals surface area contributed by atoms with Gasteiger partial charge in [0.05, 0.1) is 0 Å². The molecular weight excluding hydrogens is 585 g/mol. The van der Waals surface area contributed by atoms with E-state index in [0.29, 0.717) is 31.5 Å². The van der Waals surface area contributed by atoms with Crippen LogP contribution in [0.2, 0.25) is 0 Å². The standard InChI is InChI=1S/C28H30IN3O5/c29-23-14-16-24(17-15-23)31-26(33)25(32-28(35)37-20-22-11-5-2-6-12-22)13-7-8-18-30-27(34)36-19-21-9-3-1-4-10-21/h1-6,9-12,14-17,25H,7-8,13,18-20H2,(H,30,34)(H,31,33)(H,32,35). The average Bonchev–Trinajstić information content (AvgIpc) is 2.92. The number of benzene rings is 3. The van der Waals surface area contributed by atoms with Gasteiger partial charge in [-0.1, -0.05) is 60.7 Å². The molecule has 0 aliphatic rings. The minimum Gasteiger partial charge on any atom is -0.445 e. The molecule has 1 atom stereocenters. The summed E-state index contributed by atoms with van der Waals surface area (Å²) in [6.07, 6.45) is 0.392. The van der Waals surface area contributed by atoms with Gasteiger partial charge in [0.1, 0.15) is 19.3 Å². The van der Waals surface area contributed by atoms with Crippen LogP contribution in [0.4, 0.5) is 15.3 Å². The molecule has 0 heterocycles. The fraction of sp³-hybridized carbons (Fsp3) is 0.250. The molecule has 1 unspecified atom stereocenters. The molecule has 3 aromatic carbocycles. The number of alkyl carbamates (subject to hydrolysis) is 2. The lowest BCUT2D eigenvalue weighted by molar-refractivity contribution is -0.118. The highest BCUT2D eigenvalue weighted by Crippen LogP contribution is 2.13. The van der Waals surface area contributed by atoms with Crippen LogP contribution in [0.25, 0.3) is 0 Å². The predicted octanol–water partition coefficient (Wildman–Crippen LogP) is 5.62. The Morgan fingerprint density at radius 2 is 1.30 bits per heavy atom. The zero-order valence-corrected chi connectivity index (χ0v) is 22.5. The molecule has 3 aromatic rings. The van der Waals surface area contributed by atoms with Crippen molar-refractivity contribution in [1.82, 2.24) is 10.6 Å². The minimum absolute atomic E-state index is 0.104. The van der Waals surface area contributed by atoms with Gasteiger partial charge in [0.2, 0.25) is 5.91 Å². The van der Waals surface area contributed by atoms with Crippen molar-refractivity contribution in [1.29, 1.82) is 0 Å². The van der Waals surface area contributed by atoms with E-state index in [1.54, 1.807) is 12.1 Å². The number of rotatable bonds is 12. The molecule has 8 nitrogen and oxygen atoms in total. The molecule has 3 rings (SSSR count). The van der Waals surface area contributed by atoms with Crippen molar-refractivity contribution in [3.63, 3.8) is 0 Å². The van der Waals surface area contributed by atoms with Gasteiger partial charge in [-0.05, 0) is 77.2 Å². The van der Waals surface area contributed by atoms with Crippen LogP contribution < -0.4 is 16.0 Å². The fourth-order valence-corrected chi connectivity index (χ4v) is 3.74. The predicted molar refractivity (Wildman–Crippen MR) is 150 cm³/mol. The van der Waals surface area contributed by atoms with Crippen LogP contribution in [-0.4, -0.2) is 30.7 Å². The average molecular weight is 615 g/mol. The molecule has 0 aliphatic heterocycles. The van der Waals surface area contributed by atoms with Crippen LogP contribution in [-0.2, 0) is 27.5 Å². The second kappa shape index (κ2) is 15.5. The van der Waals surface area contributed by atoms with E-state index in [4.69, 9.17) is 9.47 Å². The molecule has 0 saturated carbocycles. The number of anilines is 1. The lowest BCUT2D eigenvalue weighted by Gasteiger charge is -2.18. The van der Waals surface area contributed by atoms with E-state index in [1.165, 1.54) is 0 Å². The Bertz CT molecular complexity index is 1130. The highest BCUT2D eigenvalue weighted by Gasteiger charge is 2.21. The number of hydrogen-bond acceptors (Lipinski definition) is 5. The van der Waals surface area contributed by atoms with Gasteiger partial charge in [-0.25, -0.2) is 9.59 Å². The first kappa shape index (κ1) is 28.0. The first-order chi connectivity index (χ1) is 18.0. The number of unbranched alkanes of at least 4 members (excludes halogenated alkanes) is 1. The van der Waals surface area contributed by atoms with Gasteiger partial charge in [0.15, 0.2) is 0 Å². The van der Waals surface area contributed by atoms with Gasteiger partial charge in [-0.3, -0.25) is 4.79 Å². The molecule has 0 aromatic heterocycles. The highest BCUT2D eigenvalue weighted by atomic mass is 127. The summed E-state index contributed by atoms with van der Waals surface area (Å²) in [4.78, 5) is 37.2. The van der Waals surface area contributed by atoms with E-state index in [1.807, 2.05) is 72.8 Å². The molecule has 0 spiro atoms. The van der Waals surface area contributed by atoms with Crippen LogP contribution in [0.15, 0.2) is 84.9 Å². The van der Waals surface area contributed by atoms with Gasteiger partial charge in [-0.2, -0.15) is 0 Å². The number of hydrogen-bond donors (Lipinski definition) is 3. The Morgan fingerprint density at radius 1 is 0.730 bits per heavy atom. The summed E-state index contributed by atoms with van der Waals surface area (Å²) in [7, 11) is 0. The zero-order chi connectivity index (χ0) is 26.3. The minimum atomic E-state index is -0.799. The molecular formula is C28H30IN3O5.